The number of fused-ring (bicyclic) bond motifs is 1. The van der Waals surface area contributed by atoms with Crippen LogP contribution in [0.3, 0.4) is 0 Å². The summed E-state index contributed by atoms with van der Waals surface area (Å²) in [4.78, 5) is 34.2. The van der Waals surface area contributed by atoms with Crippen LogP contribution in [0.2, 0.25) is 0 Å². The number of H-pyrrole nitrogens is 1. The first kappa shape index (κ1) is 18.5. The number of benzene rings is 2. The van der Waals surface area contributed by atoms with Crippen molar-refractivity contribution in [3.63, 3.8) is 0 Å². The van der Waals surface area contributed by atoms with Crippen LogP contribution in [0.25, 0.3) is 11.2 Å². The first-order valence-electron chi connectivity index (χ1n) is 8.94. The highest BCUT2D eigenvalue weighted by Crippen LogP contribution is 2.27. The largest absolute Gasteiger partial charge is 0.455 e. The first-order chi connectivity index (χ1) is 14.1. The Morgan fingerprint density at radius 2 is 1.86 bits per heavy atom. The maximum atomic E-state index is 14.5. The lowest BCUT2D eigenvalue weighted by atomic mass is 10.0. The van der Waals surface area contributed by atoms with Gasteiger partial charge in [0.15, 0.2) is 11.4 Å². The molecule has 0 fully saturated rings. The molecular formula is C22H16FN3O3. The number of hydrogen-bond acceptors (Lipinski definition) is 5. The number of halogens is 1. The van der Waals surface area contributed by atoms with Gasteiger partial charge in [-0.1, -0.05) is 36.4 Å². The van der Waals surface area contributed by atoms with E-state index in [2.05, 4.69) is 15.0 Å². The van der Waals surface area contributed by atoms with E-state index in [9.17, 15) is 14.0 Å². The van der Waals surface area contributed by atoms with Crippen molar-refractivity contribution in [2.75, 3.05) is 0 Å². The van der Waals surface area contributed by atoms with Crippen molar-refractivity contribution in [3.8, 4) is 11.5 Å². The maximum absolute atomic E-state index is 14.5. The van der Waals surface area contributed by atoms with Crippen molar-refractivity contribution in [2.24, 2.45) is 0 Å². The summed E-state index contributed by atoms with van der Waals surface area (Å²) in [6.45, 7) is 0. The average molecular weight is 389 g/mol. The van der Waals surface area contributed by atoms with Crippen molar-refractivity contribution in [2.45, 2.75) is 12.8 Å². The van der Waals surface area contributed by atoms with Gasteiger partial charge in [-0.2, -0.15) is 0 Å². The first-order valence-corrected chi connectivity index (χ1v) is 8.94. The Morgan fingerprint density at radius 1 is 1.03 bits per heavy atom. The molecule has 2 heterocycles. The molecule has 144 valence electrons. The Kier molecular flexibility index (Phi) is 5.11. The second-order valence-corrected chi connectivity index (χ2v) is 6.49. The number of ether oxygens (including phenoxy) is 1. The second kappa shape index (κ2) is 8.02. The molecular weight excluding hydrogens is 373 g/mol. The zero-order valence-corrected chi connectivity index (χ0v) is 15.3. The van der Waals surface area contributed by atoms with E-state index in [0.717, 1.165) is 11.8 Å². The standard InChI is InChI=1S/C22H16FN3O3/c23-18-12-17(29-19-8-9-24-22-21(19)25-13-20(28)26-22)7-6-15(18)11-16(27)10-14-4-2-1-3-5-14/h1-9,12-13H,10-11H2,(H,24,26,28). The lowest BCUT2D eigenvalue weighted by Gasteiger charge is -2.09. The van der Waals surface area contributed by atoms with Crippen molar-refractivity contribution < 1.29 is 13.9 Å². The summed E-state index contributed by atoms with van der Waals surface area (Å²) in [7, 11) is 0. The molecule has 4 rings (SSSR count). The molecule has 0 saturated carbocycles. The molecule has 0 atom stereocenters. The van der Waals surface area contributed by atoms with Crippen molar-refractivity contribution in [1.29, 1.82) is 0 Å². The van der Waals surface area contributed by atoms with Crippen LogP contribution in [0.15, 0.2) is 71.8 Å². The number of hydrogen-bond donors (Lipinski definition) is 1. The molecule has 0 aliphatic rings. The minimum Gasteiger partial charge on any atom is -0.455 e. The van der Waals surface area contributed by atoms with E-state index < -0.39 is 5.82 Å². The molecule has 2 aromatic carbocycles. The van der Waals surface area contributed by atoms with Crippen molar-refractivity contribution >= 4 is 16.9 Å². The van der Waals surface area contributed by atoms with Gasteiger partial charge in [-0.25, -0.2) is 14.4 Å². The van der Waals surface area contributed by atoms with Crippen LogP contribution in [0.5, 0.6) is 11.5 Å². The molecule has 0 aliphatic carbocycles. The molecule has 7 heteroatoms. The molecule has 0 bridgehead atoms. The molecule has 29 heavy (non-hydrogen) atoms. The third-order valence-corrected chi connectivity index (χ3v) is 4.32. The summed E-state index contributed by atoms with van der Waals surface area (Å²) in [5.41, 5.74) is 1.46. The number of aromatic nitrogens is 3. The van der Waals surface area contributed by atoms with Gasteiger partial charge in [-0.15, -0.1) is 0 Å². The smallest absolute Gasteiger partial charge is 0.268 e. The number of aromatic amines is 1. The van der Waals surface area contributed by atoms with E-state index in [1.807, 2.05) is 30.3 Å². The summed E-state index contributed by atoms with van der Waals surface area (Å²) < 4.78 is 20.2. The molecule has 0 spiro atoms. The van der Waals surface area contributed by atoms with Crippen LogP contribution >= 0.6 is 0 Å². The Bertz CT molecular complexity index is 1240. The summed E-state index contributed by atoms with van der Waals surface area (Å²) in [6, 6.07) is 15.3. The third kappa shape index (κ3) is 4.35. The topological polar surface area (TPSA) is 84.9 Å². The number of carbonyl (C=O) groups excluding carboxylic acids is 1. The van der Waals surface area contributed by atoms with Gasteiger partial charge >= 0.3 is 0 Å². The zero-order chi connectivity index (χ0) is 20.2. The van der Waals surface area contributed by atoms with Crippen molar-refractivity contribution in [3.05, 3.63) is 94.3 Å². The van der Waals surface area contributed by atoms with Gasteiger partial charge in [-0.3, -0.25) is 9.59 Å². The molecule has 6 nitrogen and oxygen atoms in total. The van der Waals surface area contributed by atoms with Crippen LogP contribution < -0.4 is 10.3 Å². The van der Waals surface area contributed by atoms with E-state index in [1.54, 1.807) is 12.1 Å². The number of carbonyl (C=O) groups is 1. The summed E-state index contributed by atoms with van der Waals surface area (Å²) in [5, 5.41) is 0. The molecule has 0 amide bonds. The molecule has 0 unspecified atom stereocenters. The van der Waals surface area contributed by atoms with E-state index in [-0.39, 0.29) is 35.6 Å². The summed E-state index contributed by atoms with van der Waals surface area (Å²) >= 11 is 0. The van der Waals surface area contributed by atoms with Crippen LogP contribution in [-0.2, 0) is 17.6 Å². The van der Waals surface area contributed by atoms with Gasteiger partial charge in [-0.05, 0) is 17.2 Å². The minimum absolute atomic E-state index is 0.00197. The fourth-order valence-electron chi connectivity index (χ4n) is 2.97. The van der Waals surface area contributed by atoms with E-state index >= 15 is 0 Å². The number of pyridine rings is 1. The molecule has 2 aromatic heterocycles. The molecule has 0 aliphatic heterocycles. The van der Waals surface area contributed by atoms with Gasteiger partial charge < -0.3 is 9.72 Å². The predicted octanol–water partition coefficient (Wildman–Crippen LogP) is 3.60. The van der Waals surface area contributed by atoms with Crippen molar-refractivity contribution in [1.82, 2.24) is 15.0 Å². The average Bonchev–Trinajstić information content (AvgIpc) is 2.71. The van der Waals surface area contributed by atoms with Gasteiger partial charge in [0.2, 0.25) is 0 Å². The SMILES string of the molecule is O=C(Cc1ccccc1)Cc1ccc(Oc2ccnc3[nH]c(=O)cnc23)cc1F. The van der Waals surface area contributed by atoms with Gasteiger partial charge in [0.1, 0.15) is 22.9 Å². The fourth-order valence-corrected chi connectivity index (χ4v) is 2.97. The van der Waals surface area contributed by atoms with E-state index in [1.165, 1.54) is 18.3 Å². The van der Waals surface area contributed by atoms with E-state index in [4.69, 9.17) is 4.74 Å². The van der Waals surface area contributed by atoms with Crippen LogP contribution in [0.4, 0.5) is 4.39 Å². The highest BCUT2D eigenvalue weighted by atomic mass is 19.1. The number of nitrogens with one attached hydrogen (secondary N) is 1. The number of ketones is 1. The number of rotatable bonds is 6. The van der Waals surface area contributed by atoms with Gasteiger partial charge in [0, 0.05) is 31.2 Å². The van der Waals surface area contributed by atoms with Gasteiger partial charge in [0.25, 0.3) is 5.56 Å². The Morgan fingerprint density at radius 3 is 2.66 bits per heavy atom. The van der Waals surface area contributed by atoms with Crippen LogP contribution in [0.1, 0.15) is 11.1 Å². The fraction of sp³-hybridized carbons (Fsp3) is 0.0909. The third-order valence-electron chi connectivity index (χ3n) is 4.32. The van der Waals surface area contributed by atoms with Gasteiger partial charge in [0.05, 0.1) is 6.20 Å². The lowest BCUT2D eigenvalue weighted by molar-refractivity contribution is -0.117. The minimum atomic E-state index is -0.524. The Labute approximate surface area is 165 Å². The van der Waals surface area contributed by atoms with Crippen LogP contribution in [0, 0.1) is 5.82 Å². The zero-order valence-electron chi connectivity index (χ0n) is 15.3. The molecule has 0 saturated heterocycles. The van der Waals surface area contributed by atoms with Crippen LogP contribution in [-0.4, -0.2) is 20.7 Å². The van der Waals surface area contributed by atoms with E-state index in [0.29, 0.717) is 16.8 Å². The summed E-state index contributed by atoms with van der Waals surface area (Å²) in [6.07, 6.45) is 2.84. The molecule has 4 aromatic rings. The number of nitrogens with zero attached hydrogens (tertiary/aromatic N) is 2. The normalized spacial score (nSPS) is 10.8. The maximum Gasteiger partial charge on any atom is 0.268 e. The predicted molar refractivity (Wildman–Crippen MR) is 105 cm³/mol. The Balaban J connectivity index is 1.50. The second-order valence-electron chi connectivity index (χ2n) is 6.49. The Hall–Kier alpha value is -3.87. The molecule has 1 N–H and O–H groups in total. The quantitative estimate of drug-likeness (QED) is 0.545. The monoisotopic (exact) mass is 389 g/mol. The summed E-state index contributed by atoms with van der Waals surface area (Å²) in [5.74, 6) is -0.0125. The highest BCUT2D eigenvalue weighted by Gasteiger charge is 2.12. The highest BCUT2D eigenvalue weighted by molar-refractivity contribution is 5.83. The molecule has 0 radical (unpaired) electrons. The number of Topliss-reactive ketones (excluding diaryl/α,β-unsaturated/α-hetero) is 1. The lowest BCUT2D eigenvalue weighted by Crippen LogP contribution is -2.08.